The Kier molecular flexibility index (Phi) is 12.8. The van der Waals surface area contributed by atoms with E-state index in [1.165, 1.54) is 12.5 Å². The molecule has 9 N–H and O–H groups in total. The van der Waals surface area contributed by atoms with Crippen LogP contribution in [-0.4, -0.2) is 157 Å². The largest absolute Gasteiger partial charge is 0.481 e. The molecule has 22 unspecified atom stereocenters. The highest BCUT2D eigenvalue weighted by Crippen LogP contribution is 2.76. The number of rotatable bonds is 8. The molecule has 8 aliphatic rings. The number of aliphatic hydroxyl groups is 8. The van der Waals surface area contributed by atoms with E-state index in [4.69, 9.17) is 28.4 Å². The van der Waals surface area contributed by atoms with Gasteiger partial charge in [-0.2, -0.15) is 0 Å². The number of carboxylic acids is 1. The maximum Gasteiger partial charge on any atom is 0.310 e. The van der Waals surface area contributed by atoms with Crippen molar-refractivity contribution in [2.24, 2.45) is 50.2 Å². The van der Waals surface area contributed by atoms with Crippen molar-refractivity contribution in [2.75, 3.05) is 13.2 Å². The van der Waals surface area contributed by atoms with Crippen LogP contribution in [0.2, 0.25) is 0 Å². The van der Waals surface area contributed by atoms with Crippen LogP contribution in [0.5, 0.6) is 0 Å². The molecule has 0 aromatic heterocycles. The third-order valence-electron chi connectivity index (χ3n) is 18.9. The Hall–Kier alpha value is -1.35. The van der Waals surface area contributed by atoms with Crippen LogP contribution in [0.4, 0.5) is 0 Å². The van der Waals surface area contributed by atoms with E-state index < -0.39 is 104 Å². The Bertz CT molecular complexity index is 1720. The molecule has 0 aromatic carbocycles. The Morgan fingerprint density at radius 1 is 0.714 bits per heavy atom. The van der Waals surface area contributed by atoms with E-state index in [-0.39, 0.29) is 51.6 Å². The van der Waals surface area contributed by atoms with Crippen molar-refractivity contribution in [3.05, 3.63) is 11.6 Å². The molecular weight excluding hydrogens is 821 g/mol. The van der Waals surface area contributed by atoms with Crippen molar-refractivity contribution in [3.63, 3.8) is 0 Å². The molecule has 5 aliphatic carbocycles. The van der Waals surface area contributed by atoms with Crippen LogP contribution in [0.15, 0.2) is 11.6 Å². The number of hydrogen-bond acceptors (Lipinski definition) is 15. The molecule has 0 aromatic rings. The molecule has 0 spiro atoms. The fourth-order valence-corrected chi connectivity index (χ4v) is 14.8. The van der Waals surface area contributed by atoms with Crippen LogP contribution in [0.1, 0.15) is 120 Å². The molecule has 8 rings (SSSR count). The van der Waals surface area contributed by atoms with Crippen molar-refractivity contribution < 1.29 is 79.2 Å². The predicted molar refractivity (Wildman–Crippen MR) is 223 cm³/mol. The van der Waals surface area contributed by atoms with Gasteiger partial charge >= 0.3 is 5.97 Å². The number of aliphatic carboxylic acids is 1. The molecular formula is C47H76O16. The second-order valence-corrected chi connectivity index (χ2v) is 23.0. The van der Waals surface area contributed by atoms with Gasteiger partial charge in [0.1, 0.15) is 61.0 Å². The van der Waals surface area contributed by atoms with Gasteiger partial charge in [-0.1, -0.05) is 60.1 Å². The van der Waals surface area contributed by atoms with Gasteiger partial charge in [-0.25, -0.2) is 0 Å². The van der Waals surface area contributed by atoms with Gasteiger partial charge in [0.2, 0.25) is 0 Å². The smallest absolute Gasteiger partial charge is 0.310 e. The zero-order valence-corrected chi connectivity index (χ0v) is 38.3. The van der Waals surface area contributed by atoms with Gasteiger partial charge in [-0.15, -0.1) is 0 Å². The zero-order valence-electron chi connectivity index (χ0n) is 38.3. The number of carboxylic acid groups (broad SMARTS) is 1. The summed E-state index contributed by atoms with van der Waals surface area (Å²) in [5.41, 5.74) is 0.231. The lowest BCUT2D eigenvalue weighted by atomic mass is 9.33. The standard InChI is InChI=1S/C47H76O16/c1-22-30(50)32(52)34(54)39(59-22)63-37-33(53)31(51)26(20-48)60-40(37)62-36-25(49)21-58-38(35(36)55)61-29-12-13-44(6)27(43(29,4)5)11-14-46(8)28(44)10-9-23-24-19-42(2,3)15-17-47(24,41(56)57)18-16-45(23,46)7/h9,22,24-40,48-55H,10-21H2,1-8H3,(H,56,57). The fraction of sp³-hybridized carbons (Fsp3) is 0.936. The summed E-state index contributed by atoms with van der Waals surface area (Å²) in [4.78, 5) is 13.1. The van der Waals surface area contributed by atoms with E-state index in [0.29, 0.717) is 18.8 Å². The Balaban J connectivity index is 0.990. The minimum absolute atomic E-state index is 0.0241. The molecule has 3 aliphatic heterocycles. The number of aliphatic hydroxyl groups excluding tert-OH is 8. The molecule has 4 saturated carbocycles. The van der Waals surface area contributed by atoms with Crippen LogP contribution in [-0.2, 0) is 33.2 Å². The summed E-state index contributed by atoms with van der Waals surface area (Å²) in [6, 6.07) is 0. The molecule has 0 amide bonds. The minimum Gasteiger partial charge on any atom is -0.481 e. The van der Waals surface area contributed by atoms with Crippen LogP contribution >= 0.6 is 0 Å². The molecule has 22 atom stereocenters. The molecule has 0 radical (unpaired) electrons. The normalized spacial score (nSPS) is 54.1. The maximum absolute atomic E-state index is 13.1. The van der Waals surface area contributed by atoms with Crippen LogP contribution in [0.25, 0.3) is 0 Å². The van der Waals surface area contributed by atoms with Gasteiger partial charge in [0.15, 0.2) is 18.9 Å². The van der Waals surface area contributed by atoms with Crippen LogP contribution in [0, 0.1) is 50.2 Å². The molecule has 0 bridgehead atoms. The van der Waals surface area contributed by atoms with Crippen molar-refractivity contribution in [2.45, 2.75) is 212 Å². The first-order valence-corrected chi connectivity index (χ1v) is 23.6. The summed E-state index contributed by atoms with van der Waals surface area (Å²) in [7, 11) is 0. The average Bonchev–Trinajstić information content (AvgIpc) is 3.21. The SMILES string of the molecule is CC1OC(OC2C(OC3C(O)COC(OC4CCC5(C)C(CCC6(C)C5CC=C5C7CC(C)(C)CCC7(C(=O)O)CCC56C)C4(C)C)C3O)OC(CO)C(O)C2O)C(O)C(O)C1O. The Morgan fingerprint density at radius 2 is 1.40 bits per heavy atom. The van der Waals surface area contributed by atoms with Crippen LogP contribution in [0.3, 0.4) is 0 Å². The first-order valence-electron chi connectivity index (χ1n) is 23.6. The minimum atomic E-state index is -1.78. The first-order chi connectivity index (χ1) is 29.4. The van der Waals surface area contributed by atoms with E-state index >= 15 is 0 Å². The highest BCUT2D eigenvalue weighted by molar-refractivity contribution is 5.76. The zero-order chi connectivity index (χ0) is 46.0. The first kappa shape index (κ1) is 48.1. The number of fused-ring (bicyclic) bond motifs is 7. The summed E-state index contributed by atoms with van der Waals surface area (Å²) in [5.74, 6) is 0.0321. The lowest BCUT2D eigenvalue weighted by molar-refractivity contribution is -0.385. The van der Waals surface area contributed by atoms with Gasteiger partial charge in [-0.05, 0) is 116 Å². The second kappa shape index (κ2) is 16.7. The molecule has 7 fully saturated rings. The number of ether oxygens (including phenoxy) is 6. The average molecular weight is 897 g/mol. The summed E-state index contributed by atoms with van der Waals surface area (Å²) < 4.78 is 36.1. The number of hydrogen-bond donors (Lipinski definition) is 9. The highest BCUT2D eigenvalue weighted by Gasteiger charge is 2.70. The van der Waals surface area contributed by atoms with Gasteiger partial charge in [0.25, 0.3) is 0 Å². The second-order valence-electron chi connectivity index (χ2n) is 23.0. The summed E-state index contributed by atoms with van der Waals surface area (Å²) in [6.45, 7) is 16.9. The molecule has 3 saturated heterocycles. The van der Waals surface area contributed by atoms with Crippen molar-refractivity contribution >= 4 is 5.97 Å². The lowest BCUT2D eigenvalue weighted by Gasteiger charge is -2.71. The Labute approximate surface area is 371 Å². The topological polar surface area (TPSA) is 255 Å². The quantitative estimate of drug-likeness (QED) is 0.125. The van der Waals surface area contributed by atoms with E-state index in [1.54, 1.807) is 0 Å². The fourth-order valence-electron chi connectivity index (χ4n) is 14.8. The summed E-state index contributed by atoms with van der Waals surface area (Å²) in [5, 5.41) is 96.9. The summed E-state index contributed by atoms with van der Waals surface area (Å²) >= 11 is 0. The molecule has 16 heteroatoms. The molecule has 63 heavy (non-hydrogen) atoms. The maximum atomic E-state index is 13.1. The molecule has 360 valence electrons. The molecule has 3 heterocycles. The summed E-state index contributed by atoms with van der Waals surface area (Å²) in [6.07, 6.45) is -10.4. The highest BCUT2D eigenvalue weighted by atomic mass is 16.8. The van der Waals surface area contributed by atoms with Gasteiger partial charge < -0.3 is 74.4 Å². The van der Waals surface area contributed by atoms with Gasteiger partial charge in [0, 0.05) is 0 Å². The Morgan fingerprint density at radius 3 is 2.08 bits per heavy atom. The van der Waals surface area contributed by atoms with Crippen molar-refractivity contribution in [1.82, 2.24) is 0 Å². The van der Waals surface area contributed by atoms with E-state index in [0.717, 1.165) is 51.4 Å². The van der Waals surface area contributed by atoms with E-state index in [2.05, 4.69) is 54.5 Å². The van der Waals surface area contributed by atoms with E-state index in [1.807, 2.05) is 0 Å². The monoisotopic (exact) mass is 897 g/mol. The number of carbonyl (C=O) groups is 1. The van der Waals surface area contributed by atoms with Gasteiger partial charge in [0.05, 0.1) is 30.8 Å². The third-order valence-corrected chi connectivity index (χ3v) is 18.9. The van der Waals surface area contributed by atoms with E-state index in [9.17, 15) is 50.8 Å². The molecule has 16 nitrogen and oxygen atoms in total. The lowest BCUT2D eigenvalue weighted by Crippen LogP contribution is -2.66. The number of allylic oxidation sites excluding steroid dienone is 2. The third kappa shape index (κ3) is 7.51. The van der Waals surface area contributed by atoms with Crippen molar-refractivity contribution in [3.8, 4) is 0 Å². The van der Waals surface area contributed by atoms with Gasteiger partial charge in [-0.3, -0.25) is 4.79 Å². The van der Waals surface area contributed by atoms with Crippen molar-refractivity contribution in [1.29, 1.82) is 0 Å². The van der Waals surface area contributed by atoms with Crippen LogP contribution < -0.4 is 0 Å². The predicted octanol–water partition coefficient (Wildman–Crippen LogP) is 2.37.